The lowest BCUT2D eigenvalue weighted by atomic mass is 9.67. The van der Waals surface area contributed by atoms with Crippen LogP contribution in [0.25, 0.3) is 0 Å². The molecule has 1 saturated carbocycles. The summed E-state index contributed by atoms with van der Waals surface area (Å²) in [4.78, 5) is 4.36. The highest BCUT2D eigenvalue weighted by Gasteiger charge is 2.35. The Morgan fingerprint density at radius 1 is 1.27 bits per heavy atom. The van der Waals surface area contributed by atoms with E-state index in [1.807, 2.05) is 7.05 Å². The molecule has 2 aliphatic rings. The molecule has 0 bridgehead atoms. The molecule has 1 aromatic rings. The predicted molar refractivity (Wildman–Crippen MR) is 104 cm³/mol. The van der Waals surface area contributed by atoms with E-state index in [2.05, 4.69) is 46.8 Å². The van der Waals surface area contributed by atoms with E-state index in [0.29, 0.717) is 11.3 Å². The van der Waals surface area contributed by atoms with Crippen LogP contribution in [0.2, 0.25) is 0 Å². The fraction of sp³-hybridized carbons (Fsp3) is 0.611. The van der Waals surface area contributed by atoms with Crippen molar-refractivity contribution in [3.63, 3.8) is 0 Å². The van der Waals surface area contributed by atoms with Crippen LogP contribution in [0.5, 0.6) is 0 Å². The van der Waals surface area contributed by atoms with Crippen molar-refractivity contribution in [3.8, 4) is 0 Å². The standard InChI is InChI=1S/C18H27N3.HI/c1-3-18(9-6-10-18)13-21-17(19-2)20-12-15-11-14-7-4-5-8-16(14)15;/h4-5,7-8,15H,3,6,9-13H2,1-2H3,(H2,19,20,21);1H. The number of nitrogens with zero attached hydrogens (tertiary/aromatic N) is 1. The maximum absolute atomic E-state index is 4.36. The summed E-state index contributed by atoms with van der Waals surface area (Å²) < 4.78 is 0. The Morgan fingerprint density at radius 3 is 2.64 bits per heavy atom. The average molecular weight is 413 g/mol. The summed E-state index contributed by atoms with van der Waals surface area (Å²) >= 11 is 0. The molecule has 0 aliphatic heterocycles. The normalized spacial score (nSPS) is 21.7. The highest BCUT2D eigenvalue weighted by Crippen LogP contribution is 2.43. The van der Waals surface area contributed by atoms with Crippen molar-refractivity contribution in [1.29, 1.82) is 0 Å². The minimum absolute atomic E-state index is 0. The van der Waals surface area contributed by atoms with E-state index >= 15 is 0 Å². The van der Waals surface area contributed by atoms with Gasteiger partial charge in [0.25, 0.3) is 0 Å². The molecule has 2 N–H and O–H groups in total. The van der Waals surface area contributed by atoms with Crippen molar-refractivity contribution in [2.45, 2.75) is 44.9 Å². The van der Waals surface area contributed by atoms with Gasteiger partial charge in [0.15, 0.2) is 5.96 Å². The second kappa shape index (κ2) is 7.66. The van der Waals surface area contributed by atoms with Crippen molar-refractivity contribution >= 4 is 29.9 Å². The first kappa shape index (κ1) is 17.6. The molecule has 1 fully saturated rings. The molecule has 4 heteroatoms. The van der Waals surface area contributed by atoms with Crippen LogP contribution in [0.1, 0.15) is 49.7 Å². The summed E-state index contributed by atoms with van der Waals surface area (Å²) in [6.45, 7) is 4.35. The van der Waals surface area contributed by atoms with Crippen molar-refractivity contribution in [3.05, 3.63) is 35.4 Å². The molecule has 3 nitrogen and oxygen atoms in total. The number of aliphatic imine (C=N–C) groups is 1. The molecule has 0 radical (unpaired) electrons. The predicted octanol–water partition coefficient (Wildman–Crippen LogP) is 3.69. The fourth-order valence-electron chi connectivity index (χ4n) is 3.59. The van der Waals surface area contributed by atoms with Gasteiger partial charge in [0, 0.05) is 26.1 Å². The summed E-state index contributed by atoms with van der Waals surface area (Å²) in [5, 5.41) is 7.03. The lowest BCUT2D eigenvalue weighted by molar-refractivity contribution is 0.131. The van der Waals surface area contributed by atoms with Crippen LogP contribution in [-0.4, -0.2) is 26.1 Å². The van der Waals surface area contributed by atoms with Crippen molar-refractivity contribution < 1.29 is 0 Å². The second-order valence-corrected chi connectivity index (χ2v) is 6.61. The number of fused-ring (bicyclic) bond motifs is 1. The Bertz CT molecular complexity index is 517. The summed E-state index contributed by atoms with van der Waals surface area (Å²) in [6, 6.07) is 8.76. The van der Waals surface area contributed by atoms with Crippen LogP contribution in [0.4, 0.5) is 0 Å². The molecule has 0 aromatic heterocycles. The molecule has 0 heterocycles. The van der Waals surface area contributed by atoms with Gasteiger partial charge in [0.05, 0.1) is 0 Å². The van der Waals surface area contributed by atoms with Crippen LogP contribution in [0.3, 0.4) is 0 Å². The Kier molecular flexibility index (Phi) is 6.12. The van der Waals surface area contributed by atoms with Gasteiger partial charge in [0.2, 0.25) is 0 Å². The fourth-order valence-corrected chi connectivity index (χ4v) is 3.59. The maximum atomic E-state index is 4.36. The number of nitrogens with one attached hydrogen (secondary N) is 2. The minimum atomic E-state index is 0. The molecule has 22 heavy (non-hydrogen) atoms. The van der Waals surface area contributed by atoms with Gasteiger partial charge in [-0.05, 0) is 42.2 Å². The summed E-state index contributed by atoms with van der Waals surface area (Å²) in [5.41, 5.74) is 3.54. The summed E-state index contributed by atoms with van der Waals surface area (Å²) in [6.07, 6.45) is 6.58. The van der Waals surface area contributed by atoms with E-state index in [1.165, 1.54) is 43.2 Å². The van der Waals surface area contributed by atoms with Crippen LogP contribution in [-0.2, 0) is 6.42 Å². The van der Waals surface area contributed by atoms with Crippen molar-refractivity contribution in [2.75, 3.05) is 20.1 Å². The third-order valence-corrected chi connectivity index (χ3v) is 5.50. The van der Waals surface area contributed by atoms with Gasteiger partial charge < -0.3 is 10.6 Å². The van der Waals surface area contributed by atoms with E-state index in [9.17, 15) is 0 Å². The first-order valence-electron chi connectivity index (χ1n) is 8.29. The van der Waals surface area contributed by atoms with Gasteiger partial charge in [-0.25, -0.2) is 0 Å². The van der Waals surface area contributed by atoms with Gasteiger partial charge >= 0.3 is 0 Å². The minimum Gasteiger partial charge on any atom is -0.356 e. The molecule has 1 unspecified atom stereocenters. The van der Waals surface area contributed by atoms with Gasteiger partial charge in [0.1, 0.15) is 0 Å². The number of hydrogen-bond donors (Lipinski definition) is 2. The quantitative estimate of drug-likeness (QED) is 0.439. The SMILES string of the molecule is CCC1(CNC(=NC)NCC2Cc3ccccc32)CCC1.I. The van der Waals surface area contributed by atoms with Gasteiger partial charge in [-0.2, -0.15) is 0 Å². The third kappa shape index (κ3) is 3.58. The Balaban J connectivity index is 0.00000176. The second-order valence-electron chi connectivity index (χ2n) is 6.61. The van der Waals surface area contributed by atoms with E-state index in [0.717, 1.165) is 19.0 Å². The lowest BCUT2D eigenvalue weighted by Crippen LogP contribution is -2.47. The van der Waals surface area contributed by atoms with E-state index in [1.54, 1.807) is 0 Å². The number of halogens is 1. The molecule has 122 valence electrons. The largest absolute Gasteiger partial charge is 0.356 e. The first-order valence-corrected chi connectivity index (χ1v) is 8.29. The Labute approximate surface area is 151 Å². The zero-order valence-corrected chi connectivity index (χ0v) is 16.0. The molecule has 2 aliphatic carbocycles. The van der Waals surface area contributed by atoms with Gasteiger partial charge in [-0.1, -0.05) is 37.6 Å². The van der Waals surface area contributed by atoms with Crippen molar-refractivity contribution in [2.24, 2.45) is 10.4 Å². The van der Waals surface area contributed by atoms with Crippen LogP contribution in [0.15, 0.2) is 29.3 Å². The molecule has 1 atom stereocenters. The summed E-state index contributed by atoms with van der Waals surface area (Å²) in [7, 11) is 1.86. The monoisotopic (exact) mass is 413 g/mol. The summed E-state index contributed by atoms with van der Waals surface area (Å²) in [5.74, 6) is 1.60. The molecule has 0 saturated heterocycles. The van der Waals surface area contributed by atoms with E-state index in [-0.39, 0.29) is 24.0 Å². The zero-order valence-electron chi connectivity index (χ0n) is 13.7. The smallest absolute Gasteiger partial charge is 0.191 e. The number of rotatable bonds is 5. The Hall–Kier alpha value is -0.780. The molecule has 0 spiro atoms. The molecule has 3 rings (SSSR count). The topological polar surface area (TPSA) is 36.4 Å². The zero-order chi connectivity index (χ0) is 14.7. The lowest BCUT2D eigenvalue weighted by Gasteiger charge is -2.41. The molecule has 1 aromatic carbocycles. The number of hydrogen-bond acceptors (Lipinski definition) is 1. The van der Waals surface area contributed by atoms with Crippen molar-refractivity contribution in [1.82, 2.24) is 10.6 Å². The van der Waals surface area contributed by atoms with Crippen LogP contribution >= 0.6 is 24.0 Å². The van der Waals surface area contributed by atoms with Crippen LogP contribution < -0.4 is 10.6 Å². The first-order chi connectivity index (χ1) is 10.3. The van der Waals surface area contributed by atoms with Gasteiger partial charge in [-0.15, -0.1) is 24.0 Å². The molecular formula is C18H28IN3. The van der Waals surface area contributed by atoms with Crippen LogP contribution in [0, 0.1) is 5.41 Å². The van der Waals surface area contributed by atoms with E-state index < -0.39 is 0 Å². The Morgan fingerprint density at radius 2 is 2.05 bits per heavy atom. The highest BCUT2D eigenvalue weighted by molar-refractivity contribution is 14.0. The van der Waals surface area contributed by atoms with E-state index in [4.69, 9.17) is 0 Å². The average Bonchev–Trinajstić information content (AvgIpc) is 2.45. The maximum Gasteiger partial charge on any atom is 0.191 e. The molecule has 0 amide bonds. The number of guanidine groups is 1. The third-order valence-electron chi connectivity index (χ3n) is 5.50. The van der Waals surface area contributed by atoms with Gasteiger partial charge in [-0.3, -0.25) is 4.99 Å². The highest BCUT2D eigenvalue weighted by atomic mass is 127. The number of benzene rings is 1. The molecular weight excluding hydrogens is 385 g/mol.